The van der Waals surface area contributed by atoms with Crippen LogP contribution in [-0.4, -0.2) is 23.8 Å². The van der Waals surface area contributed by atoms with Gasteiger partial charge in [-0.1, -0.05) is 15.9 Å². The molecular weight excluding hydrogens is 388 g/mol. The number of carbonyl (C=O) groups is 3. The van der Waals surface area contributed by atoms with Gasteiger partial charge in [0.25, 0.3) is 5.91 Å². The summed E-state index contributed by atoms with van der Waals surface area (Å²) in [6, 6.07) is 11.2. The van der Waals surface area contributed by atoms with Crippen LogP contribution in [0.15, 0.2) is 46.9 Å². The Bertz CT molecular complexity index is 818. The lowest BCUT2D eigenvalue weighted by atomic mass is 10.1. The average Bonchev–Trinajstić information content (AvgIpc) is 2.57. The van der Waals surface area contributed by atoms with Gasteiger partial charge in [-0.25, -0.2) is 4.79 Å². The Kier molecular flexibility index (Phi) is 5.93. The van der Waals surface area contributed by atoms with Crippen LogP contribution < -0.4 is 11.1 Å². The van der Waals surface area contributed by atoms with Crippen molar-refractivity contribution in [1.82, 2.24) is 0 Å². The number of nitrogen functional groups attached to an aromatic ring is 1. The van der Waals surface area contributed by atoms with Crippen LogP contribution >= 0.6 is 15.9 Å². The third-order valence-electron chi connectivity index (χ3n) is 3.45. The molecule has 25 heavy (non-hydrogen) atoms. The number of benzene rings is 2. The van der Waals surface area contributed by atoms with Crippen molar-refractivity contribution >= 4 is 45.0 Å². The van der Waals surface area contributed by atoms with Gasteiger partial charge in [0.1, 0.15) is 0 Å². The molecule has 0 saturated heterocycles. The number of ketones is 1. The molecule has 0 aliphatic rings. The minimum atomic E-state index is -1.02. The second-order valence-electron chi connectivity index (χ2n) is 5.40. The predicted octanol–water partition coefficient (Wildman–Crippen LogP) is 3.42. The standard InChI is InChI=1S/C18H17BrN2O4/c1-10(22)12-3-6-14(7-4-12)21-17(23)11(2)25-18(24)15-9-13(19)5-8-16(15)20/h3-9,11H,20H2,1-2H3,(H,21,23)/t11-/m0/s1. The fourth-order valence-corrected chi connectivity index (χ4v) is 2.38. The lowest BCUT2D eigenvalue weighted by molar-refractivity contribution is -0.123. The third-order valence-corrected chi connectivity index (χ3v) is 3.94. The van der Waals surface area contributed by atoms with Gasteiger partial charge < -0.3 is 15.8 Å². The quantitative estimate of drug-likeness (QED) is 0.451. The fraction of sp³-hybridized carbons (Fsp3) is 0.167. The summed E-state index contributed by atoms with van der Waals surface area (Å²) in [6.07, 6.45) is -1.02. The third kappa shape index (κ3) is 4.90. The molecule has 7 heteroatoms. The van der Waals surface area contributed by atoms with Crippen LogP contribution in [0.5, 0.6) is 0 Å². The summed E-state index contributed by atoms with van der Waals surface area (Å²) in [6.45, 7) is 2.92. The van der Waals surface area contributed by atoms with Crippen molar-refractivity contribution in [3.05, 3.63) is 58.1 Å². The first-order valence-electron chi connectivity index (χ1n) is 7.46. The highest BCUT2D eigenvalue weighted by atomic mass is 79.9. The molecule has 2 aromatic carbocycles. The molecule has 2 rings (SSSR count). The summed E-state index contributed by atoms with van der Waals surface area (Å²) in [7, 11) is 0. The maximum absolute atomic E-state index is 12.2. The molecule has 0 bridgehead atoms. The van der Waals surface area contributed by atoms with E-state index in [1.807, 2.05) is 0 Å². The Hall–Kier alpha value is -2.67. The van der Waals surface area contributed by atoms with E-state index in [0.29, 0.717) is 15.7 Å². The van der Waals surface area contributed by atoms with Crippen LogP contribution in [0, 0.1) is 0 Å². The molecule has 0 radical (unpaired) electrons. The number of halogens is 1. The van der Waals surface area contributed by atoms with E-state index in [1.54, 1.807) is 36.4 Å². The van der Waals surface area contributed by atoms with Crippen LogP contribution in [-0.2, 0) is 9.53 Å². The Balaban J connectivity index is 2.01. The van der Waals surface area contributed by atoms with E-state index >= 15 is 0 Å². The van der Waals surface area contributed by atoms with Crippen LogP contribution in [0.2, 0.25) is 0 Å². The highest BCUT2D eigenvalue weighted by Crippen LogP contribution is 2.20. The van der Waals surface area contributed by atoms with Gasteiger partial charge in [-0.3, -0.25) is 9.59 Å². The minimum Gasteiger partial charge on any atom is -0.449 e. The number of anilines is 2. The molecule has 1 amide bonds. The summed E-state index contributed by atoms with van der Waals surface area (Å²) in [5.74, 6) is -1.24. The number of carbonyl (C=O) groups excluding carboxylic acids is 3. The molecule has 3 N–H and O–H groups in total. The van der Waals surface area contributed by atoms with Crippen molar-refractivity contribution in [2.24, 2.45) is 0 Å². The van der Waals surface area contributed by atoms with Gasteiger partial charge in [0, 0.05) is 21.4 Å². The van der Waals surface area contributed by atoms with Crippen molar-refractivity contribution < 1.29 is 19.1 Å². The predicted molar refractivity (Wildman–Crippen MR) is 98.5 cm³/mol. The van der Waals surface area contributed by atoms with E-state index in [2.05, 4.69) is 21.2 Å². The average molecular weight is 405 g/mol. The molecule has 2 aromatic rings. The minimum absolute atomic E-state index is 0.0632. The van der Waals surface area contributed by atoms with Gasteiger partial charge in [0.05, 0.1) is 5.56 Å². The number of hydrogen-bond acceptors (Lipinski definition) is 5. The first-order valence-corrected chi connectivity index (χ1v) is 8.25. The Morgan fingerprint density at radius 1 is 1.12 bits per heavy atom. The molecular formula is C18H17BrN2O4. The first kappa shape index (κ1) is 18.7. The summed E-state index contributed by atoms with van der Waals surface area (Å²) in [5.41, 5.74) is 7.24. The lowest BCUT2D eigenvalue weighted by Crippen LogP contribution is -2.30. The SMILES string of the molecule is CC(=O)c1ccc(NC(=O)[C@H](C)OC(=O)c2cc(Br)ccc2N)cc1. The topological polar surface area (TPSA) is 98.5 Å². The number of ether oxygens (including phenoxy) is 1. The maximum Gasteiger partial charge on any atom is 0.341 e. The van der Waals surface area contributed by atoms with Crippen LogP contribution in [0.1, 0.15) is 34.6 Å². The van der Waals surface area contributed by atoms with Gasteiger partial charge >= 0.3 is 5.97 Å². The van der Waals surface area contributed by atoms with Crippen LogP contribution in [0.3, 0.4) is 0 Å². The van der Waals surface area contributed by atoms with Gasteiger partial charge in [-0.05, 0) is 56.3 Å². The molecule has 0 aliphatic carbocycles. The number of nitrogens with two attached hydrogens (primary N) is 1. The monoisotopic (exact) mass is 404 g/mol. The second kappa shape index (κ2) is 7.94. The van der Waals surface area contributed by atoms with E-state index in [4.69, 9.17) is 10.5 Å². The van der Waals surface area contributed by atoms with Gasteiger partial charge in [0.2, 0.25) is 0 Å². The molecule has 0 heterocycles. The molecule has 130 valence electrons. The molecule has 1 atom stereocenters. The first-order chi connectivity index (χ1) is 11.8. The van der Waals surface area contributed by atoms with E-state index in [0.717, 1.165) is 0 Å². The highest BCUT2D eigenvalue weighted by Gasteiger charge is 2.20. The fourth-order valence-electron chi connectivity index (χ4n) is 2.01. The van der Waals surface area contributed by atoms with E-state index in [-0.39, 0.29) is 17.0 Å². The summed E-state index contributed by atoms with van der Waals surface area (Å²) in [5, 5.41) is 2.62. The summed E-state index contributed by atoms with van der Waals surface area (Å²) >= 11 is 3.25. The Morgan fingerprint density at radius 2 is 1.76 bits per heavy atom. The Morgan fingerprint density at radius 3 is 2.36 bits per heavy atom. The lowest BCUT2D eigenvalue weighted by Gasteiger charge is -2.14. The van der Waals surface area contributed by atoms with Crippen molar-refractivity contribution in [3.63, 3.8) is 0 Å². The zero-order valence-corrected chi connectivity index (χ0v) is 15.3. The highest BCUT2D eigenvalue weighted by molar-refractivity contribution is 9.10. The van der Waals surface area contributed by atoms with Crippen molar-refractivity contribution in [2.45, 2.75) is 20.0 Å². The summed E-state index contributed by atoms with van der Waals surface area (Å²) in [4.78, 5) is 35.6. The van der Waals surface area contributed by atoms with Gasteiger partial charge in [-0.15, -0.1) is 0 Å². The number of Topliss-reactive ketones (excluding diaryl/α,β-unsaturated/α-hetero) is 1. The van der Waals surface area contributed by atoms with Crippen molar-refractivity contribution in [2.75, 3.05) is 11.1 Å². The smallest absolute Gasteiger partial charge is 0.341 e. The zero-order valence-electron chi connectivity index (χ0n) is 13.7. The molecule has 0 spiro atoms. The normalized spacial score (nSPS) is 11.5. The van der Waals surface area contributed by atoms with Gasteiger partial charge in [0.15, 0.2) is 11.9 Å². The molecule has 0 fully saturated rings. The number of hydrogen-bond donors (Lipinski definition) is 2. The molecule has 0 saturated carbocycles. The van der Waals surface area contributed by atoms with E-state index in [9.17, 15) is 14.4 Å². The zero-order chi connectivity index (χ0) is 18.6. The molecule has 6 nitrogen and oxygen atoms in total. The largest absolute Gasteiger partial charge is 0.449 e. The number of esters is 1. The maximum atomic E-state index is 12.2. The van der Waals surface area contributed by atoms with Crippen LogP contribution in [0.4, 0.5) is 11.4 Å². The second-order valence-corrected chi connectivity index (χ2v) is 6.32. The number of amides is 1. The molecule has 0 aliphatic heterocycles. The molecule has 0 aromatic heterocycles. The number of rotatable bonds is 5. The molecule has 0 unspecified atom stereocenters. The van der Waals surface area contributed by atoms with Gasteiger partial charge in [-0.2, -0.15) is 0 Å². The van der Waals surface area contributed by atoms with Crippen LogP contribution in [0.25, 0.3) is 0 Å². The summed E-state index contributed by atoms with van der Waals surface area (Å²) < 4.78 is 5.84. The van der Waals surface area contributed by atoms with Crippen molar-refractivity contribution in [1.29, 1.82) is 0 Å². The number of nitrogens with one attached hydrogen (secondary N) is 1. The van der Waals surface area contributed by atoms with E-state index in [1.165, 1.54) is 19.9 Å². The van der Waals surface area contributed by atoms with Crippen molar-refractivity contribution in [3.8, 4) is 0 Å². The van der Waals surface area contributed by atoms with E-state index < -0.39 is 18.0 Å². The Labute approximate surface area is 153 Å².